The molecule has 2 aromatic heterocycles. The zero-order valence-electron chi connectivity index (χ0n) is 18.9. The van der Waals surface area contributed by atoms with Crippen LogP contribution < -0.4 is 14.2 Å². The second kappa shape index (κ2) is 10.0. The fourth-order valence-corrected chi connectivity index (χ4v) is 3.64. The van der Waals surface area contributed by atoms with E-state index >= 15 is 0 Å². The van der Waals surface area contributed by atoms with Crippen molar-refractivity contribution in [1.82, 2.24) is 15.0 Å². The van der Waals surface area contributed by atoms with E-state index in [1.54, 1.807) is 0 Å². The zero-order valence-corrected chi connectivity index (χ0v) is 18.9. The van der Waals surface area contributed by atoms with Crippen LogP contribution in [0.1, 0.15) is 37.3 Å². The van der Waals surface area contributed by atoms with Crippen LogP contribution in [0, 0.1) is 13.8 Å². The molecule has 1 fully saturated rings. The van der Waals surface area contributed by atoms with E-state index in [1.807, 2.05) is 32.9 Å². The molecule has 1 aliphatic heterocycles. The number of carboxylic acids is 1. The number of carbonyl (C=O) groups is 1. The van der Waals surface area contributed by atoms with Gasteiger partial charge in [-0.3, -0.25) is 0 Å². The minimum absolute atomic E-state index is 0.0300. The molecule has 1 aromatic carbocycles. The first kappa shape index (κ1) is 22.8. The predicted molar refractivity (Wildman–Crippen MR) is 118 cm³/mol. The Morgan fingerprint density at radius 2 is 1.94 bits per heavy atom. The highest BCUT2D eigenvalue weighted by atomic mass is 16.5. The van der Waals surface area contributed by atoms with Gasteiger partial charge < -0.3 is 28.5 Å². The molecule has 176 valence electrons. The summed E-state index contributed by atoms with van der Waals surface area (Å²) < 4.78 is 28.5. The molecule has 3 heterocycles. The largest absolute Gasteiger partial charge is 0.481 e. The van der Waals surface area contributed by atoms with Gasteiger partial charge in [0.1, 0.15) is 12.4 Å². The van der Waals surface area contributed by atoms with Crippen molar-refractivity contribution in [1.29, 1.82) is 0 Å². The van der Waals surface area contributed by atoms with Crippen molar-refractivity contribution >= 4 is 17.2 Å². The number of rotatable bonds is 10. The van der Waals surface area contributed by atoms with Crippen molar-refractivity contribution in [2.24, 2.45) is 0 Å². The first-order valence-electron chi connectivity index (χ1n) is 11.0. The number of aromatic nitrogens is 3. The summed E-state index contributed by atoms with van der Waals surface area (Å²) in [6.45, 7) is 6.83. The van der Waals surface area contributed by atoms with Crippen molar-refractivity contribution in [3.05, 3.63) is 23.3 Å². The molecule has 1 aliphatic rings. The van der Waals surface area contributed by atoms with Gasteiger partial charge in [0.15, 0.2) is 12.1 Å². The molecular formula is C23H27N3O7. The number of hydrogen-bond donors (Lipinski definition) is 1. The van der Waals surface area contributed by atoms with Crippen LogP contribution in [0.5, 0.6) is 17.6 Å². The standard InChI is InChI=1S/C23H27N3O7/c1-4-7-30-21-18-22(26-23(25-21)32-11-16-6-5-8-29-16)33-20(24-18)15-9-13(2)19(14(3)10-15)31-12-17(27)28/h9-10,16H,4-8,11-12H2,1-3H3,(H,27,28). The Bertz CT molecular complexity index is 1120. The maximum Gasteiger partial charge on any atom is 0.341 e. The molecule has 1 atom stereocenters. The predicted octanol–water partition coefficient (Wildman–Crippen LogP) is 3.71. The maximum atomic E-state index is 10.8. The highest BCUT2D eigenvalue weighted by Crippen LogP contribution is 2.33. The van der Waals surface area contributed by atoms with E-state index in [4.69, 9.17) is 28.5 Å². The SMILES string of the molecule is CCCOc1nc(OCC2CCCO2)nc2oc(-c3cc(C)c(OCC(=O)O)c(C)c3)nc12. The van der Waals surface area contributed by atoms with Gasteiger partial charge in [0.25, 0.3) is 11.6 Å². The van der Waals surface area contributed by atoms with Gasteiger partial charge >= 0.3 is 12.0 Å². The van der Waals surface area contributed by atoms with Crippen LogP contribution in [0.4, 0.5) is 0 Å². The lowest BCUT2D eigenvalue weighted by Gasteiger charge is -2.11. The van der Waals surface area contributed by atoms with Gasteiger partial charge in [-0.05, 0) is 56.4 Å². The van der Waals surface area contributed by atoms with Crippen LogP contribution in [0.2, 0.25) is 0 Å². The zero-order chi connectivity index (χ0) is 23.4. The first-order chi connectivity index (χ1) is 15.9. The molecule has 0 saturated carbocycles. The molecule has 0 spiro atoms. The summed E-state index contributed by atoms with van der Waals surface area (Å²) in [5, 5.41) is 8.89. The third-order valence-corrected chi connectivity index (χ3v) is 5.12. The summed E-state index contributed by atoms with van der Waals surface area (Å²) in [4.78, 5) is 24.2. The maximum absolute atomic E-state index is 10.8. The van der Waals surface area contributed by atoms with Crippen molar-refractivity contribution in [3.8, 4) is 29.1 Å². The highest BCUT2D eigenvalue weighted by Gasteiger charge is 2.21. The number of ether oxygens (including phenoxy) is 4. The second-order valence-electron chi connectivity index (χ2n) is 7.90. The van der Waals surface area contributed by atoms with Gasteiger partial charge in [0.05, 0.1) is 12.7 Å². The molecule has 0 bridgehead atoms. The number of aryl methyl sites for hydroxylation is 2. The monoisotopic (exact) mass is 457 g/mol. The molecule has 3 aromatic rings. The van der Waals surface area contributed by atoms with Gasteiger partial charge in [0, 0.05) is 12.2 Å². The van der Waals surface area contributed by atoms with Crippen molar-refractivity contribution in [2.75, 3.05) is 26.4 Å². The number of aliphatic carboxylic acids is 1. The van der Waals surface area contributed by atoms with E-state index in [-0.39, 0.29) is 17.8 Å². The van der Waals surface area contributed by atoms with Crippen LogP contribution in [-0.4, -0.2) is 58.6 Å². The molecule has 0 aliphatic carbocycles. The first-order valence-corrected chi connectivity index (χ1v) is 11.0. The van der Waals surface area contributed by atoms with Crippen LogP contribution in [-0.2, 0) is 9.53 Å². The van der Waals surface area contributed by atoms with Gasteiger partial charge in [0.2, 0.25) is 5.89 Å². The van der Waals surface area contributed by atoms with E-state index in [1.165, 1.54) is 0 Å². The summed E-state index contributed by atoms with van der Waals surface area (Å²) in [5.74, 6) is 0.128. The lowest BCUT2D eigenvalue weighted by atomic mass is 10.1. The minimum atomic E-state index is -1.03. The Balaban J connectivity index is 1.64. The Morgan fingerprint density at radius 3 is 2.61 bits per heavy atom. The topological polar surface area (TPSA) is 126 Å². The fraction of sp³-hybridized carbons (Fsp3) is 0.478. The van der Waals surface area contributed by atoms with E-state index < -0.39 is 12.6 Å². The summed E-state index contributed by atoms with van der Waals surface area (Å²) in [6.07, 6.45) is 2.79. The molecule has 4 rings (SSSR count). The van der Waals surface area contributed by atoms with Crippen molar-refractivity contribution in [2.45, 2.75) is 46.1 Å². The quantitative estimate of drug-likeness (QED) is 0.481. The van der Waals surface area contributed by atoms with Gasteiger partial charge in [-0.1, -0.05) is 6.92 Å². The fourth-order valence-electron chi connectivity index (χ4n) is 3.64. The Kier molecular flexibility index (Phi) is 6.93. The number of nitrogens with zero attached hydrogens (tertiary/aromatic N) is 3. The Labute approximate surface area is 190 Å². The lowest BCUT2D eigenvalue weighted by Crippen LogP contribution is -2.17. The highest BCUT2D eigenvalue weighted by molar-refractivity contribution is 5.78. The normalized spacial score (nSPS) is 15.7. The number of hydrogen-bond acceptors (Lipinski definition) is 9. The summed E-state index contributed by atoms with van der Waals surface area (Å²) in [5.41, 5.74) is 2.90. The molecule has 0 amide bonds. The Hall–Kier alpha value is -3.40. The number of carboxylic acid groups (broad SMARTS) is 1. The van der Waals surface area contributed by atoms with Gasteiger partial charge in [-0.15, -0.1) is 0 Å². The third-order valence-electron chi connectivity index (χ3n) is 5.12. The number of oxazole rings is 1. The molecule has 33 heavy (non-hydrogen) atoms. The molecule has 10 nitrogen and oxygen atoms in total. The van der Waals surface area contributed by atoms with Gasteiger partial charge in [-0.2, -0.15) is 9.97 Å². The molecular weight excluding hydrogens is 430 g/mol. The van der Waals surface area contributed by atoms with Crippen molar-refractivity contribution in [3.63, 3.8) is 0 Å². The van der Waals surface area contributed by atoms with Gasteiger partial charge in [-0.25, -0.2) is 9.78 Å². The molecule has 1 N–H and O–H groups in total. The summed E-state index contributed by atoms with van der Waals surface area (Å²) in [6, 6.07) is 3.80. The van der Waals surface area contributed by atoms with E-state index in [2.05, 4.69) is 15.0 Å². The van der Waals surface area contributed by atoms with E-state index in [0.717, 1.165) is 37.0 Å². The summed E-state index contributed by atoms with van der Waals surface area (Å²) >= 11 is 0. The molecule has 0 radical (unpaired) electrons. The molecule has 1 saturated heterocycles. The van der Waals surface area contributed by atoms with E-state index in [9.17, 15) is 4.79 Å². The average Bonchev–Trinajstić information content (AvgIpc) is 3.45. The average molecular weight is 457 g/mol. The number of benzene rings is 1. The minimum Gasteiger partial charge on any atom is -0.481 e. The third kappa shape index (κ3) is 5.33. The molecule has 1 unspecified atom stereocenters. The number of fused-ring (bicyclic) bond motifs is 1. The van der Waals surface area contributed by atoms with Crippen molar-refractivity contribution < 1.29 is 33.3 Å². The van der Waals surface area contributed by atoms with Crippen LogP contribution >= 0.6 is 0 Å². The smallest absolute Gasteiger partial charge is 0.341 e. The van der Waals surface area contributed by atoms with Crippen LogP contribution in [0.25, 0.3) is 22.7 Å². The van der Waals surface area contributed by atoms with Crippen LogP contribution in [0.3, 0.4) is 0 Å². The Morgan fingerprint density at radius 1 is 1.15 bits per heavy atom. The van der Waals surface area contributed by atoms with Crippen LogP contribution in [0.15, 0.2) is 16.5 Å². The molecule has 10 heteroatoms. The second-order valence-corrected chi connectivity index (χ2v) is 7.90. The summed E-state index contributed by atoms with van der Waals surface area (Å²) in [7, 11) is 0. The van der Waals surface area contributed by atoms with E-state index in [0.29, 0.717) is 41.8 Å². The lowest BCUT2D eigenvalue weighted by molar-refractivity contribution is -0.139.